The first-order chi connectivity index (χ1) is 13.5. The quantitative estimate of drug-likeness (QED) is 0.389. The molecule has 28 heavy (non-hydrogen) atoms. The Labute approximate surface area is 162 Å². The largest absolute Gasteiger partial charge is 0.494 e. The van der Waals surface area contributed by atoms with Crippen LogP contribution in [0.15, 0.2) is 73.1 Å². The standard InChI is InChI=1S/C21H19N3O4/c1-28-20-14-18(24(26)27)7-8-19(20)22-21(25)15-23-11-9-17(10-12-23)13-16-5-3-2-4-6-16/h2-12,14H,13,15H2,1H3/p+1. The molecule has 142 valence electrons. The van der Waals surface area contributed by atoms with Crippen molar-refractivity contribution in [3.8, 4) is 5.75 Å². The van der Waals surface area contributed by atoms with Gasteiger partial charge in [-0.2, -0.15) is 4.57 Å². The van der Waals surface area contributed by atoms with E-state index >= 15 is 0 Å². The van der Waals surface area contributed by atoms with Gasteiger partial charge >= 0.3 is 0 Å². The number of amides is 1. The van der Waals surface area contributed by atoms with Crippen LogP contribution in [0.2, 0.25) is 0 Å². The van der Waals surface area contributed by atoms with Crippen LogP contribution in [0.25, 0.3) is 0 Å². The summed E-state index contributed by atoms with van der Waals surface area (Å²) < 4.78 is 6.90. The number of hydrogen-bond donors (Lipinski definition) is 1. The Morgan fingerprint density at radius 1 is 1.07 bits per heavy atom. The van der Waals surface area contributed by atoms with E-state index in [1.54, 1.807) is 4.57 Å². The zero-order valence-electron chi connectivity index (χ0n) is 15.4. The lowest BCUT2D eigenvalue weighted by Crippen LogP contribution is -2.39. The topological polar surface area (TPSA) is 85.3 Å². The van der Waals surface area contributed by atoms with Crippen LogP contribution in [-0.2, 0) is 17.8 Å². The average Bonchev–Trinajstić information content (AvgIpc) is 2.70. The van der Waals surface area contributed by atoms with Gasteiger partial charge in [0.2, 0.25) is 6.54 Å². The summed E-state index contributed by atoms with van der Waals surface area (Å²) in [7, 11) is 1.40. The highest BCUT2D eigenvalue weighted by molar-refractivity contribution is 5.91. The highest BCUT2D eigenvalue weighted by Gasteiger charge is 2.15. The number of rotatable bonds is 7. The first-order valence-electron chi connectivity index (χ1n) is 8.69. The van der Waals surface area contributed by atoms with Crippen LogP contribution in [0.4, 0.5) is 11.4 Å². The predicted molar refractivity (Wildman–Crippen MR) is 104 cm³/mol. The van der Waals surface area contributed by atoms with Crippen molar-refractivity contribution in [3.05, 3.63) is 94.3 Å². The number of ether oxygens (including phenoxy) is 1. The van der Waals surface area contributed by atoms with Gasteiger partial charge in [-0.3, -0.25) is 14.9 Å². The zero-order valence-corrected chi connectivity index (χ0v) is 15.4. The molecule has 1 heterocycles. The van der Waals surface area contributed by atoms with E-state index in [-0.39, 0.29) is 23.9 Å². The van der Waals surface area contributed by atoms with Gasteiger partial charge in [-0.15, -0.1) is 0 Å². The second kappa shape index (κ2) is 8.77. The van der Waals surface area contributed by atoms with Crippen molar-refractivity contribution in [2.24, 2.45) is 0 Å². The number of nitrogens with one attached hydrogen (secondary N) is 1. The van der Waals surface area contributed by atoms with Crippen LogP contribution < -0.4 is 14.6 Å². The van der Waals surface area contributed by atoms with Crippen LogP contribution >= 0.6 is 0 Å². The molecule has 0 atom stereocenters. The second-order valence-corrected chi connectivity index (χ2v) is 6.23. The molecule has 1 aromatic heterocycles. The fourth-order valence-corrected chi connectivity index (χ4v) is 2.80. The molecule has 0 saturated heterocycles. The van der Waals surface area contributed by atoms with Gasteiger partial charge in [0.15, 0.2) is 12.4 Å². The smallest absolute Gasteiger partial charge is 0.290 e. The first kappa shape index (κ1) is 19.0. The van der Waals surface area contributed by atoms with Crippen LogP contribution in [0, 0.1) is 10.1 Å². The van der Waals surface area contributed by atoms with Crippen LogP contribution in [0.3, 0.4) is 0 Å². The van der Waals surface area contributed by atoms with E-state index in [1.807, 2.05) is 42.7 Å². The minimum Gasteiger partial charge on any atom is -0.494 e. The van der Waals surface area contributed by atoms with E-state index in [9.17, 15) is 14.9 Å². The van der Waals surface area contributed by atoms with Crippen LogP contribution in [0.5, 0.6) is 5.75 Å². The molecule has 3 aromatic rings. The number of carbonyl (C=O) groups is 1. The minimum atomic E-state index is -0.513. The SMILES string of the molecule is COc1cc([N+](=O)[O-])ccc1NC(=O)C[n+]1ccc(Cc2ccccc2)cc1. The maximum absolute atomic E-state index is 12.3. The molecular weight excluding hydrogens is 358 g/mol. The molecule has 0 radical (unpaired) electrons. The van der Waals surface area contributed by atoms with Crippen molar-refractivity contribution in [3.63, 3.8) is 0 Å². The Morgan fingerprint density at radius 2 is 1.75 bits per heavy atom. The van der Waals surface area contributed by atoms with Gasteiger partial charge in [0.1, 0.15) is 5.75 Å². The maximum Gasteiger partial charge on any atom is 0.290 e. The van der Waals surface area contributed by atoms with Crippen molar-refractivity contribution >= 4 is 17.3 Å². The van der Waals surface area contributed by atoms with Gasteiger partial charge in [-0.05, 0) is 23.6 Å². The van der Waals surface area contributed by atoms with Crippen molar-refractivity contribution < 1.29 is 19.0 Å². The van der Waals surface area contributed by atoms with Crippen molar-refractivity contribution in [2.45, 2.75) is 13.0 Å². The number of benzene rings is 2. The summed E-state index contributed by atoms with van der Waals surface area (Å²) in [6.07, 6.45) is 4.53. The van der Waals surface area contributed by atoms with Crippen molar-refractivity contribution in [1.82, 2.24) is 0 Å². The summed E-state index contributed by atoms with van der Waals surface area (Å²) in [6.45, 7) is 0.117. The predicted octanol–water partition coefficient (Wildman–Crippen LogP) is 3.12. The summed E-state index contributed by atoms with van der Waals surface area (Å²) >= 11 is 0. The molecule has 0 bridgehead atoms. The van der Waals surface area contributed by atoms with E-state index in [2.05, 4.69) is 17.4 Å². The highest BCUT2D eigenvalue weighted by Crippen LogP contribution is 2.28. The minimum absolute atomic E-state index is 0.0989. The fourth-order valence-electron chi connectivity index (χ4n) is 2.80. The molecule has 0 fully saturated rings. The lowest BCUT2D eigenvalue weighted by molar-refractivity contribution is -0.684. The molecule has 3 rings (SSSR count). The Kier molecular flexibility index (Phi) is 5.96. The maximum atomic E-state index is 12.3. The first-order valence-corrected chi connectivity index (χ1v) is 8.69. The summed E-state index contributed by atoms with van der Waals surface area (Å²) in [5, 5.41) is 13.6. The fraction of sp³-hybridized carbons (Fsp3) is 0.143. The second-order valence-electron chi connectivity index (χ2n) is 6.23. The normalized spacial score (nSPS) is 10.3. The molecule has 0 spiro atoms. The lowest BCUT2D eigenvalue weighted by Gasteiger charge is -2.09. The number of pyridine rings is 1. The Balaban J connectivity index is 1.62. The van der Waals surface area contributed by atoms with Gasteiger partial charge in [0, 0.05) is 18.2 Å². The number of carbonyl (C=O) groups excluding carboxylic acids is 1. The third kappa shape index (κ3) is 4.91. The molecule has 0 aliphatic carbocycles. The third-order valence-corrected chi connectivity index (χ3v) is 4.21. The summed E-state index contributed by atoms with van der Waals surface area (Å²) in [6, 6.07) is 18.2. The molecule has 0 aliphatic heterocycles. The van der Waals surface area contributed by atoms with E-state index < -0.39 is 4.92 Å². The van der Waals surface area contributed by atoms with E-state index in [1.165, 1.54) is 30.9 Å². The summed E-state index contributed by atoms with van der Waals surface area (Å²) in [4.78, 5) is 22.7. The number of methoxy groups -OCH3 is 1. The Morgan fingerprint density at radius 3 is 2.39 bits per heavy atom. The molecule has 1 amide bonds. The number of nitro benzene ring substituents is 1. The molecule has 0 saturated carbocycles. The molecule has 2 aromatic carbocycles. The van der Waals surface area contributed by atoms with Gasteiger partial charge < -0.3 is 10.1 Å². The van der Waals surface area contributed by atoms with Gasteiger partial charge in [0.05, 0.1) is 23.8 Å². The number of anilines is 1. The monoisotopic (exact) mass is 378 g/mol. The third-order valence-electron chi connectivity index (χ3n) is 4.21. The number of aromatic nitrogens is 1. The van der Waals surface area contributed by atoms with Crippen molar-refractivity contribution in [2.75, 3.05) is 12.4 Å². The Hall–Kier alpha value is -3.74. The number of hydrogen-bond acceptors (Lipinski definition) is 4. The van der Waals surface area contributed by atoms with Crippen LogP contribution in [-0.4, -0.2) is 17.9 Å². The molecular formula is C21H20N3O4+. The Bertz CT molecular complexity index is 973. The van der Waals surface area contributed by atoms with Gasteiger partial charge in [-0.25, -0.2) is 0 Å². The molecule has 0 aliphatic rings. The summed E-state index contributed by atoms with van der Waals surface area (Å²) in [5.41, 5.74) is 2.67. The lowest BCUT2D eigenvalue weighted by atomic mass is 10.1. The molecule has 7 nitrogen and oxygen atoms in total. The zero-order chi connectivity index (χ0) is 19.9. The van der Waals surface area contributed by atoms with Crippen molar-refractivity contribution in [1.29, 1.82) is 0 Å². The molecule has 7 heteroatoms. The molecule has 0 unspecified atom stereocenters. The van der Waals surface area contributed by atoms with E-state index in [0.717, 1.165) is 12.0 Å². The van der Waals surface area contributed by atoms with Gasteiger partial charge in [-0.1, -0.05) is 30.3 Å². The number of non-ortho nitro benzene ring substituents is 1. The van der Waals surface area contributed by atoms with Crippen LogP contribution in [0.1, 0.15) is 11.1 Å². The number of nitro groups is 1. The van der Waals surface area contributed by atoms with E-state index in [4.69, 9.17) is 4.74 Å². The van der Waals surface area contributed by atoms with Gasteiger partial charge in [0.25, 0.3) is 11.6 Å². The average molecular weight is 378 g/mol. The number of nitrogens with zero attached hydrogens (tertiary/aromatic N) is 2. The summed E-state index contributed by atoms with van der Waals surface area (Å²) in [5.74, 6) is -0.0151. The van der Waals surface area contributed by atoms with E-state index in [0.29, 0.717) is 5.69 Å². The highest BCUT2D eigenvalue weighted by atomic mass is 16.6. The molecule has 1 N–H and O–H groups in total.